The van der Waals surface area contributed by atoms with Crippen LogP contribution in [0.25, 0.3) is 0 Å². The minimum atomic E-state index is 0.277. The van der Waals surface area contributed by atoms with Gasteiger partial charge in [0.15, 0.2) is 0 Å². The monoisotopic (exact) mass is 268 g/mol. The summed E-state index contributed by atoms with van der Waals surface area (Å²) in [4.78, 5) is 2.45. The predicted octanol–water partition coefficient (Wildman–Crippen LogP) is 2.54. The van der Waals surface area contributed by atoms with Gasteiger partial charge in [0.05, 0.1) is 0 Å². The molecule has 2 nitrogen and oxygen atoms in total. The highest BCUT2D eigenvalue weighted by atomic mass is 79.9. The van der Waals surface area contributed by atoms with Crippen LogP contribution in [0, 0.1) is 0 Å². The highest BCUT2D eigenvalue weighted by molar-refractivity contribution is 9.10. The molecule has 1 fully saturated rings. The van der Waals surface area contributed by atoms with Gasteiger partial charge in [-0.15, -0.1) is 0 Å². The second kappa shape index (κ2) is 4.64. The molecule has 0 bridgehead atoms. The number of nitrogens with two attached hydrogens (primary N) is 1. The number of halogens is 1. The van der Waals surface area contributed by atoms with Gasteiger partial charge in [-0.1, -0.05) is 35.0 Å². The van der Waals surface area contributed by atoms with Crippen LogP contribution in [-0.4, -0.2) is 24.0 Å². The fraction of sp³-hybridized carbons (Fsp3) is 0.500. The SMILES string of the molecule is CCN1CCC(N)C1c1cccc(Br)c1. The molecular weight excluding hydrogens is 252 g/mol. The molecule has 0 amide bonds. The second-order valence-electron chi connectivity index (χ2n) is 4.08. The summed E-state index contributed by atoms with van der Waals surface area (Å²) in [6, 6.07) is 9.16. The van der Waals surface area contributed by atoms with E-state index in [0.717, 1.165) is 24.0 Å². The number of hydrogen-bond acceptors (Lipinski definition) is 2. The number of benzene rings is 1. The molecule has 15 heavy (non-hydrogen) atoms. The first-order chi connectivity index (χ1) is 7.22. The van der Waals surface area contributed by atoms with E-state index in [1.807, 2.05) is 0 Å². The topological polar surface area (TPSA) is 29.3 Å². The predicted molar refractivity (Wildman–Crippen MR) is 66.7 cm³/mol. The summed E-state index contributed by atoms with van der Waals surface area (Å²) in [6.07, 6.45) is 1.10. The van der Waals surface area contributed by atoms with Gasteiger partial charge in [0.25, 0.3) is 0 Å². The maximum atomic E-state index is 6.17. The summed E-state index contributed by atoms with van der Waals surface area (Å²) in [5, 5.41) is 0. The Kier molecular flexibility index (Phi) is 3.44. The Morgan fingerprint density at radius 3 is 3.00 bits per heavy atom. The maximum Gasteiger partial charge on any atom is 0.0499 e. The molecule has 1 aliphatic heterocycles. The Bertz CT molecular complexity index is 340. The molecule has 1 heterocycles. The second-order valence-corrected chi connectivity index (χ2v) is 5.00. The fourth-order valence-electron chi connectivity index (χ4n) is 2.39. The summed E-state index contributed by atoms with van der Waals surface area (Å²) >= 11 is 3.51. The van der Waals surface area contributed by atoms with E-state index >= 15 is 0 Å². The molecule has 0 spiro atoms. The number of nitrogens with zero attached hydrogens (tertiary/aromatic N) is 1. The summed E-state index contributed by atoms with van der Waals surface area (Å²) in [7, 11) is 0. The number of likely N-dealkylation sites (tertiary alicyclic amines) is 1. The third-order valence-electron chi connectivity index (χ3n) is 3.14. The van der Waals surface area contributed by atoms with E-state index in [1.54, 1.807) is 0 Å². The van der Waals surface area contributed by atoms with Crippen LogP contribution < -0.4 is 5.73 Å². The van der Waals surface area contributed by atoms with Gasteiger partial charge in [0, 0.05) is 23.1 Å². The molecule has 2 N–H and O–H groups in total. The van der Waals surface area contributed by atoms with Crippen LogP contribution in [0.15, 0.2) is 28.7 Å². The lowest BCUT2D eigenvalue weighted by Gasteiger charge is -2.25. The van der Waals surface area contributed by atoms with Gasteiger partial charge >= 0.3 is 0 Å². The lowest BCUT2D eigenvalue weighted by Crippen LogP contribution is -2.31. The Morgan fingerprint density at radius 1 is 1.53 bits per heavy atom. The van der Waals surface area contributed by atoms with E-state index in [2.05, 4.69) is 52.0 Å². The number of hydrogen-bond donors (Lipinski definition) is 1. The van der Waals surface area contributed by atoms with Gasteiger partial charge in [0.1, 0.15) is 0 Å². The summed E-state index contributed by atoms with van der Waals surface area (Å²) in [5.41, 5.74) is 7.50. The van der Waals surface area contributed by atoms with Crippen molar-refractivity contribution in [3.05, 3.63) is 34.3 Å². The molecule has 0 aliphatic carbocycles. The molecule has 2 rings (SSSR count). The Balaban J connectivity index is 2.28. The Hall–Kier alpha value is -0.380. The Morgan fingerprint density at radius 2 is 2.33 bits per heavy atom. The largest absolute Gasteiger partial charge is 0.326 e. The van der Waals surface area contributed by atoms with Crippen LogP contribution in [0.3, 0.4) is 0 Å². The molecule has 1 aromatic rings. The average Bonchev–Trinajstić information content (AvgIpc) is 2.59. The van der Waals surface area contributed by atoms with Crippen LogP contribution in [0.4, 0.5) is 0 Å². The van der Waals surface area contributed by atoms with Gasteiger partial charge in [0.2, 0.25) is 0 Å². The fourth-order valence-corrected chi connectivity index (χ4v) is 2.80. The molecule has 1 saturated heterocycles. The van der Waals surface area contributed by atoms with E-state index in [-0.39, 0.29) is 6.04 Å². The summed E-state index contributed by atoms with van der Waals surface area (Å²) in [5.74, 6) is 0. The quantitative estimate of drug-likeness (QED) is 0.894. The average molecular weight is 269 g/mol. The van der Waals surface area contributed by atoms with Crippen LogP contribution in [0.5, 0.6) is 0 Å². The van der Waals surface area contributed by atoms with Crippen LogP contribution >= 0.6 is 15.9 Å². The third kappa shape index (κ3) is 2.25. The van der Waals surface area contributed by atoms with Crippen LogP contribution in [0.1, 0.15) is 24.9 Å². The van der Waals surface area contributed by atoms with E-state index in [9.17, 15) is 0 Å². The van der Waals surface area contributed by atoms with Crippen LogP contribution in [-0.2, 0) is 0 Å². The van der Waals surface area contributed by atoms with E-state index < -0.39 is 0 Å². The van der Waals surface area contributed by atoms with Crippen molar-refractivity contribution >= 4 is 15.9 Å². The van der Waals surface area contributed by atoms with Crippen molar-refractivity contribution in [2.24, 2.45) is 5.73 Å². The molecular formula is C12H17BrN2. The van der Waals surface area contributed by atoms with E-state index in [1.165, 1.54) is 5.56 Å². The first kappa shape index (κ1) is 11.1. The summed E-state index contributed by atoms with van der Waals surface area (Å²) in [6.45, 7) is 4.39. The zero-order chi connectivity index (χ0) is 10.8. The lowest BCUT2D eigenvalue weighted by atomic mass is 10.0. The maximum absolute atomic E-state index is 6.17. The smallest absolute Gasteiger partial charge is 0.0499 e. The highest BCUT2D eigenvalue weighted by Gasteiger charge is 2.31. The zero-order valence-corrected chi connectivity index (χ0v) is 10.6. The molecule has 82 valence electrons. The van der Waals surface area contributed by atoms with Crippen molar-refractivity contribution in [3.8, 4) is 0 Å². The summed E-state index contributed by atoms with van der Waals surface area (Å²) < 4.78 is 1.13. The number of rotatable bonds is 2. The van der Waals surface area contributed by atoms with Gasteiger partial charge in [-0.3, -0.25) is 4.90 Å². The zero-order valence-electron chi connectivity index (χ0n) is 8.99. The van der Waals surface area contributed by atoms with Crippen molar-refractivity contribution in [1.82, 2.24) is 4.90 Å². The van der Waals surface area contributed by atoms with Gasteiger partial charge < -0.3 is 5.73 Å². The molecule has 0 saturated carbocycles. The molecule has 0 radical (unpaired) electrons. The van der Waals surface area contributed by atoms with Gasteiger partial charge in [-0.05, 0) is 30.7 Å². The standard InChI is InChI=1S/C12H17BrN2/c1-2-15-7-6-11(14)12(15)9-4-3-5-10(13)8-9/h3-5,8,11-12H,2,6-7,14H2,1H3. The third-order valence-corrected chi connectivity index (χ3v) is 3.64. The van der Waals surface area contributed by atoms with Crippen molar-refractivity contribution < 1.29 is 0 Å². The van der Waals surface area contributed by atoms with E-state index in [4.69, 9.17) is 5.73 Å². The van der Waals surface area contributed by atoms with Gasteiger partial charge in [-0.2, -0.15) is 0 Å². The lowest BCUT2D eigenvalue weighted by molar-refractivity contribution is 0.261. The number of likely N-dealkylation sites (N-methyl/N-ethyl adjacent to an activating group) is 1. The van der Waals surface area contributed by atoms with Crippen molar-refractivity contribution in [2.75, 3.05) is 13.1 Å². The molecule has 1 aliphatic rings. The first-order valence-electron chi connectivity index (χ1n) is 5.47. The Labute approximate surface area is 99.6 Å². The molecule has 1 aromatic carbocycles. The van der Waals surface area contributed by atoms with Gasteiger partial charge in [-0.25, -0.2) is 0 Å². The highest BCUT2D eigenvalue weighted by Crippen LogP contribution is 2.31. The van der Waals surface area contributed by atoms with Crippen molar-refractivity contribution in [3.63, 3.8) is 0 Å². The minimum Gasteiger partial charge on any atom is -0.326 e. The van der Waals surface area contributed by atoms with Crippen molar-refractivity contribution in [1.29, 1.82) is 0 Å². The minimum absolute atomic E-state index is 0.277. The molecule has 2 atom stereocenters. The van der Waals surface area contributed by atoms with Crippen molar-refractivity contribution in [2.45, 2.75) is 25.4 Å². The first-order valence-corrected chi connectivity index (χ1v) is 6.26. The normalized spacial score (nSPS) is 27.1. The van der Waals surface area contributed by atoms with Crippen LogP contribution in [0.2, 0.25) is 0 Å². The molecule has 0 aromatic heterocycles. The molecule has 2 unspecified atom stereocenters. The van der Waals surface area contributed by atoms with E-state index in [0.29, 0.717) is 6.04 Å². The molecule has 3 heteroatoms.